The lowest BCUT2D eigenvalue weighted by Crippen LogP contribution is -2.09. The van der Waals surface area contributed by atoms with Gasteiger partial charge in [-0.25, -0.2) is 0 Å². The van der Waals surface area contributed by atoms with Gasteiger partial charge in [0, 0.05) is 11.5 Å². The van der Waals surface area contributed by atoms with Crippen molar-refractivity contribution in [3.63, 3.8) is 0 Å². The summed E-state index contributed by atoms with van der Waals surface area (Å²) >= 11 is 2.76. The van der Waals surface area contributed by atoms with E-state index in [-0.39, 0.29) is 0 Å². The number of thioether (sulfide) groups is 2. The topological polar surface area (TPSA) is 66.0 Å². The van der Waals surface area contributed by atoms with Crippen LogP contribution in [0, 0.1) is 22.7 Å². The Morgan fingerprint density at radius 3 is 1.62 bits per heavy atom. The van der Waals surface area contributed by atoms with Crippen molar-refractivity contribution in [2.75, 3.05) is 37.9 Å². The summed E-state index contributed by atoms with van der Waals surface area (Å²) in [5, 5.41) is 17.9. The van der Waals surface area contributed by atoms with Crippen molar-refractivity contribution >= 4 is 23.5 Å². The molecule has 0 aromatic carbocycles. The van der Waals surface area contributed by atoms with Crippen LogP contribution in [0.4, 0.5) is 0 Å². The molecular formula is C10H12N2O2S2. The molecular weight excluding hydrogens is 244 g/mol. The summed E-state index contributed by atoms with van der Waals surface area (Å²) < 4.78 is 10.6. The quantitative estimate of drug-likeness (QED) is 0.658. The van der Waals surface area contributed by atoms with Crippen LogP contribution in [0.2, 0.25) is 0 Å². The van der Waals surface area contributed by atoms with Crippen LogP contribution in [-0.4, -0.2) is 37.9 Å². The average Bonchev–Trinajstić information content (AvgIpc) is 2.30. The van der Waals surface area contributed by atoms with Gasteiger partial charge in [0.25, 0.3) is 0 Å². The van der Waals surface area contributed by atoms with E-state index in [1.807, 2.05) is 0 Å². The lowest BCUT2D eigenvalue weighted by atomic mass is 10.5. The van der Waals surface area contributed by atoms with Crippen LogP contribution < -0.4 is 0 Å². The fraction of sp³-hybridized carbons (Fsp3) is 0.600. The molecule has 0 amide bonds. The molecule has 0 aliphatic carbocycles. The van der Waals surface area contributed by atoms with Crippen molar-refractivity contribution in [3.8, 4) is 12.1 Å². The van der Waals surface area contributed by atoms with Crippen LogP contribution in [0.3, 0.4) is 0 Å². The standard InChI is InChI=1S/C10H12N2O2S2/c11-7-9-10(8-12)16-6-4-14-2-1-13-3-5-15-9/h1-6H2/b10-9+. The van der Waals surface area contributed by atoms with E-state index in [1.54, 1.807) is 0 Å². The first-order valence-corrected chi connectivity index (χ1v) is 6.81. The van der Waals surface area contributed by atoms with Gasteiger partial charge < -0.3 is 9.47 Å². The van der Waals surface area contributed by atoms with Gasteiger partial charge >= 0.3 is 0 Å². The zero-order chi connectivity index (χ0) is 11.6. The molecule has 0 N–H and O–H groups in total. The Morgan fingerprint density at radius 1 is 0.812 bits per heavy atom. The predicted octanol–water partition coefficient (Wildman–Crippen LogP) is 1.76. The van der Waals surface area contributed by atoms with Gasteiger partial charge in [-0.15, -0.1) is 23.5 Å². The fourth-order valence-corrected chi connectivity index (χ4v) is 2.67. The molecule has 0 atom stereocenters. The van der Waals surface area contributed by atoms with E-state index in [4.69, 9.17) is 20.0 Å². The van der Waals surface area contributed by atoms with Crippen LogP contribution in [-0.2, 0) is 9.47 Å². The SMILES string of the molecule is N#C/C1=C(/C#N)SCCOCCOCCS1. The Morgan fingerprint density at radius 2 is 1.25 bits per heavy atom. The third-order valence-electron chi connectivity index (χ3n) is 1.73. The third kappa shape index (κ3) is 4.91. The summed E-state index contributed by atoms with van der Waals surface area (Å²) in [6.45, 7) is 2.31. The molecule has 16 heavy (non-hydrogen) atoms. The van der Waals surface area contributed by atoms with Crippen molar-refractivity contribution in [3.05, 3.63) is 9.81 Å². The molecule has 0 bridgehead atoms. The molecule has 0 saturated carbocycles. The molecule has 1 aliphatic heterocycles. The van der Waals surface area contributed by atoms with E-state index < -0.39 is 0 Å². The highest BCUT2D eigenvalue weighted by Crippen LogP contribution is 2.26. The van der Waals surface area contributed by atoms with Crippen molar-refractivity contribution in [2.24, 2.45) is 0 Å². The molecule has 0 saturated heterocycles. The summed E-state index contributed by atoms with van der Waals surface area (Å²) in [5.74, 6) is 1.38. The monoisotopic (exact) mass is 256 g/mol. The Hall–Kier alpha value is -0.660. The predicted molar refractivity (Wildman–Crippen MR) is 64.8 cm³/mol. The van der Waals surface area contributed by atoms with E-state index in [2.05, 4.69) is 12.1 Å². The number of ether oxygens (including phenoxy) is 2. The minimum atomic E-state index is 0.483. The van der Waals surface area contributed by atoms with Gasteiger partial charge in [0.05, 0.1) is 26.4 Å². The molecule has 86 valence electrons. The van der Waals surface area contributed by atoms with E-state index in [9.17, 15) is 0 Å². The molecule has 0 spiro atoms. The molecule has 1 aliphatic rings. The molecule has 0 fully saturated rings. The van der Waals surface area contributed by atoms with Gasteiger partial charge in [-0.1, -0.05) is 0 Å². The molecule has 1 rings (SSSR count). The first kappa shape index (κ1) is 13.4. The zero-order valence-electron chi connectivity index (χ0n) is 8.77. The van der Waals surface area contributed by atoms with Crippen molar-refractivity contribution in [2.45, 2.75) is 0 Å². The molecule has 4 nitrogen and oxygen atoms in total. The molecule has 1 heterocycles. The van der Waals surface area contributed by atoms with E-state index in [0.717, 1.165) is 0 Å². The number of allylic oxidation sites excluding steroid dienone is 2. The van der Waals surface area contributed by atoms with Crippen LogP contribution in [0.5, 0.6) is 0 Å². The van der Waals surface area contributed by atoms with Crippen molar-refractivity contribution in [1.29, 1.82) is 10.5 Å². The Balaban J connectivity index is 2.63. The second-order valence-corrected chi connectivity index (χ2v) is 5.01. The van der Waals surface area contributed by atoms with E-state index in [1.165, 1.54) is 23.5 Å². The third-order valence-corrected chi connectivity index (χ3v) is 3.77. The summed E-state index contributed by atoms with van der Waals surface area (Å²) in [5.41, 5.74) is 0. The Kier molecular flexibility index (Phi) is 7.11. The number of nitrogens with zero attached hydrogens (tertiary/aromatic N) is 2. The maximum Gasteiger partial charge on any atom is 0.109 e. The molecule has 0 unspecified atom stereocenters. The Labute approximate surface area is 104 Å². The minimum Gasteiger partial charge on any atom is -0.378 e. The second kappa shape index (κ2) is 8.49. The Bertz CT molecular complexity index is 299. The zero-order valence-corrected chi connectivity index (χ0v) is 10.4. The van der Waals surface area contributed by atoms with Gasteiger partial charge in [-0.2, -0.15) is 10.5 Å². The van der Waals surface area contributed by atoms with Crippen LogP contribution in [0.15, 0.2) is 9.81 Å². The number of rotatable bonds is 0. The van der Waals surface area contributed by atoms with Gasteiger partial charge in [0.15, 0.2) is 0 Å². The number of nitriles is 2. The van der Waals surface area contributed by atoms with E-state index in [0.29, 0.717) is 47.7 Å². The average molecular weight is 256 g/mol. The summed E-state index contributed by atoms with van der Waals surface area (Å²) in [6.07, 6.45) is 0. The number of hydrogen-bond donors (Lipinski definition) is 0. The molecule has 6 heteroatoms. The van der Waals surface area contributed by atoms with Gasteiger partial charge in [-0.05, 0) is 0 Å². The van der Waals surface area contributed by atoms with Gasteiger partial charge in [0.1, 0.15) is 21.9 Å². The van der Waals surface area contributed by atoms with Gasteiger partial charge in [-0.3, -0.25) is 0 Å². The second-order valence-electron chi connectivity index (χ2n) is 2.80. The highest BCUT2D eigenvalue weighted by Gasteiger charge is 2.08. The van der Waals surface area contributed by atoms with Crippen molar-refractivity contribution in [1.82, 2.24) is 0 Å². The summed E-state index contributed by atoms with van der Waals surface area (Å²) in [7, 11) is 0. The van der Waals surface area contributed by atoms with Crippen molar-refractivity contribution < 1.29 is 9.47 Å². The first-order valence-electron chi connectivity index (χ1n) is 4.84. The molecule has 0 radical (unpaired) electrons. The lowest BCUT2D eigenvalue weighted by Gasteiger charge is -2.08. The van der Waals surface area contributed by atoms with Crippen LogP contribution in [0.25, 0.3) is 0 Å². The smallest absolute Gasteiger partial charge is 0.109 e. The molecule has 0 aromatic heterocycles. The summed E-state index contributed by atoms with van der Waals surface area (Å²) in [6, 6.07) is 4.12. The summed E-state index contributed by atoms with van der Waals surface area (Å²) in [4.78, 5) is 0.966. The lowest BCUT2D eigenvalue weighted by molar-refractivity contribution is 0.0605. The maximum atomic E-state index is 8.93. The highest BCUT2D eigenvalue weighted by molar-refractivity contribution is 8.07. The largest absolute Gasteiger partial charge is 0.378 e. The molecule has 0 aromatic rings. The van der Waals surface area contributed by atoms with E-state index >= 15 is 0 Å². The minimum absolute atomic E-state index is 0.483. The number of hydrogen-bond acceptors (Lipinski definition) is 6. The first-order chi connectivity index (χ1) is 7.88. The van der Waals surface area contributed by atoms with Crippen LogP contribution in [0.1, 0.15) is 0 Å². The normalized spacial score (nSPS) is 24.6. The fourth-order valence-electron chi connectivity index (χ4n) is 1.02. The maximum absolute atomic E-state index is 8.93. The van der Waals surface area contributed by atoms with Crippen LogP contribution >= 0.6 is 23.5 Å². The van der Waals surface area contributed by atoms with Gasteiger partial charge in [0.2, 0.25) is 0 Å². The highest BCUT2D eigenvalue weighted by atomic mass is 32.2.